The molecule has 2 N–H and O–H groups in total. The van der Waals surface area contributed by atoms with Gasteiger partial charge < -0.3 is 15.5 Å². The molecule has 0 heterocycles. The van der Waals surface area contributed by atoms with E-state index < -0.39 is 0 Å². The van der Waals surface area contributed by atoms with Crippen molar-refractivity contribution in [2.45, 2.75) is 19.4 Å². The van der Waals surface area contributed by atoms with Crippen LogP contribution in [0.5, 0.6) is 0 Å². The van der Waals surface area contributed by atoms with E-state index in [1.165, 1.54) is 0 Å². The maximum absolute atomic E-state index is 12.0. The van der Waals surface area contributed by atoms with Crippen molar-refractivity contribution in [1.82, 2.24) is 10.2 Å². The molecule has 2 amide bonds. The lowest BCUT2D eigenvalue weighted by molar-refractivity contribution is -0.116. The Morgan fingerprint density at radius 2 is 1.76 bits per heavy atom. The van der Waals surface area contributed by atoms with Gasteiger partial charge in [0.25, 0.3) is 5.91 Å². The zero-order valence-corrected chi connectivity index (χ0v) is 14.8. The monoisotopic (exact) mass is 339 g/mol. The van der Waals surface area contributed by atoms with Gasteiger partial charge in [0, 0.05) is 30.8 Å². The summed E-state index contributed by atoms with van der Waals surface area (Å²) in [6.07, 6.45) is 0.967. The molecular weight excluding hydrogens is 314 g/mol. The quantitative estimate of drug-likeness (QED) is 0.727. The van der Waals surface area contributed by atoms with Gasteiger partial charge in [-0.2, -0.15) is 0 Å². The Morgan fingerprint density at radius 1 is 1.00 bits per heavy atom. The minimum Gasteiger partial charge on any atom is -0.352 e. The largest absolute Gasteiger partial charge is 0.352 e. The molecule has 2 aromatic carbocycles. The molecule has 25 heavy (non-hydrogen) atoms. The highest BCUT2D eigenvalue weighted by molar-refractivity contribution is 5.94. The highest BCUT2D eigenvalue weighted by atomic mass is 16.2. The summed E-state index contributed by atoms with van der Waals surface area (Å²) >= 11 is 0. The van der Waals surface area contributed by atoms with Crippen molar-refractivity contribution in [2.75, 3.05) is 26.0 Å². The Labute approximate surface area is 149 Å². The summed E-state index contributed by atoms with van der Waals surface area (Å²) < 4.78 is 0. The zero-order chi connectivity index (χ0) is 18.1. The van der Waals surface area contributed by atoms with Crippen molar-refractivity contribution in [3.8, 4) is 0 Å². The standard InChI is InChI=1S/C20H25N3O2/c1-23(2)15-16-8-6-11-18(14-16)22-19(24)12-7-13-21-20(25)17-9-4-3-5-10-17/h3-6,8-11,14H,7,12-13,15H2,1-2H3,(H,21,25)(H,22,24). The third-order valence-electron chi connectivity index (χ3n) is 3.61. The van der Waals surface area contributed by atoms with Gasteiger partial charge >= 0.3 is 0 Å². The number of carbonyl (C=O) groups excluding carboxylic acids is 2. The first-order chi connectivity index (χ1) is 12.0. The molecule has 0 spiro atoms. The van der Waals surface area contributed by atoms with Crippen LogP contribution in [0.3, 0.4) is 0 Å². The summed E-state index contributed by atoms with van der Waals surface area (Å²) in [7, 11) is 4.02. The molecule has 0 saturated heterocycles. The molecule has 0 bridgehead atoms. The van der Waals surface area contributed by atoms with Crippen LogP contribution in [0.1, 0.15) is 28.8 Å². The van der Waals surface area contributed by atoms with Crippen LogP contribution in [0.2, 0.25) is 0 Å². The molecule has 0 aliphatic rings. The van der Waals surface area contributed by atoms with E-state index in [0.29, 0.717) is 24.9 Å². The molecule has 0 fully saturated rings. The van der Waals surface area contributed by atoms with E-state index in [1.807, 2.05) is 56.6 Å². The van der Waals surface area contributed by atoms with Crippen molar-refractivity contribution in [2.24, 2.45) is 0 Å². The lowest BCUT2D eigenvalue weighted by atomic mass is 10.2. The van der Waals surface area contributed by atoms with Crippen LogP contribution in [0.4, 0.5) is 5.69 Å². The number of rotatable bonds is 8. The van der Waals surface area contributed by atoms with Crippen LogP contribution < -0.4 is 10.6 Å². The summed E-state index contributed by atoms with van der Waals surface area (Å²) in [6, 6.07) is 16.9. The van der Waals surface area contributed by atoms with Gasteiger partial charge in [0.1, 0.15) is 0 Å². The van der Waals surface area contributed by atoms with E-state index in [-0.39, 0.29) is 11.8 Å². The second-order valence-corrected chi connectivity index (χ2v) is 6.21. The third-order valence-corrected chi connectivity index (χ3v) is 3.61. The highest BCUT2D eigenvalue weighted by Crippen LogP contribution is 2.12. The Morgan fingerprint density at radius 3 is 2.48 bits per heavy atom. The Bertz CT molecular complexity index is 699. The number of nitrogens with one attached hydrogen (secondary N) is 2. The predicted molar refractivity (Wildman–Crippen MR) is 100 cm³/mol. The van der Waals surface area contributed by atoms with Crippen molar-refractivity contribution in [3.05, 3.63) is 65.7 Å². The number of anilines is 1. The second-order valence-electron chi connectivity index (χ2n) is 6.21. The maximum atomic E-state index is 12.0. The first-order valence-corrected chi connectivity index (χ1v) is 8.41. The summed E-state index contributed by atoms with van der Waals surface area (Å²) in [5, 5.41) is 5.73. The minimum atomic E-state index is -0.114. The van der Waals surface area contributed by atoms with Crippen LogP contribution in [-0.4, -0.2) is 37.4 Å². The smallest absolute Gasteiger partial charge is 0.251 e. The van der Waals surface area contributed by atoms with E-state index in [9.17, 15) is 9.59 Å². The molecule has 0 aromatic heterocycles. The molecule has 0 atom stereocenters. The normalized spacial score (nSPS) is 10.5. The molecule has 0 saturated carbocycles. The Hall–Kier alpha value is -2.66. The van der Waals surface area contributed by atoms with Crippen molar-refractivity contribution in [3.63, 3.8) is 0 Å². The van der Waals surface area contributed by atoms with Gasteiger partial charge in [-0.1, -0.05) is 30.3 Å². The molecule has 0 radical (unpaired) electrons. The second kappa shape index (κ2) is 9.59. The van der Waals surface area contributed by atoms with E-state index in [1.54, 1.807) is 12.1 Å². The van der Waals surface area contributed by atoms with Gasteiger partial charge in [-0.25, -0.2) is 0 Å². The average Bonchev–Trinajstić information content (AvgIpc) is 2.59. The minimum absolute atomic E-state index is 0.0454. The molecule has 0 unspecified atom stereocenters. The lowest BCUT2D eigenvalue weighted by Gasteiger charge is -2.11. The fraction of sp³-hybridized carbons (Fsp3) is 0.300. The average molecular weight is 339 g/mol. The third kappa shape index (κ3) is 6.77. The van der Waals surface area contributed by atoms with Gasteiger partial charge in [-0.15, -0.1) is 0 Å². The Kier molecular flexibility index (Phi) is 7.16. The number of carbonyl (C=O) groups is 2. The van der Waals surface area contributed by atoms with E-state index in [4.69, 9.17) is 0 Å². The first kappa shape index (κ1) is 18.7. The van der Waals surface area contributed by atoms with Crippen LogP contribution in [0.15, 0.2) is 54.6 Å². The maximum Gasteiger partial charge on any atom is 0.251 e. The molecule has 5 heteroatoms. The molecular formula is C20H25N3O2. The fourth-order valence-electron chi connectivity index (χ4n) is 2.48. The van der Waals surface area contributed by atoms with Gasteiger partial charge in [0.15, 0.2) is 0 Å². The number of benzene rings is 2. The number of hydrogen-bond donors (Lipinski definition) is 2. The molecule has 2 aromatic rings. The van der Waals surface area contributed by atoms with Crippen molar-refractivity contribution < 1.29 is 9.59 Å². The molecule has 0 aliphatic carbocycles. The van der Waals surface area contributed by atoms with Gasteiger partial charge in [-0.05, 0) is 50.3 Å². The topological polar surface area (TPSA) is 61.4 Å². The van der Waals surface area contributed by atoms with E-state index in [0.717, 1.165) is 17.8 Å². The van der Waals surface area contributed by atoms with E-state index >= 15 is 0 Å². The van der Waals surface area contributed by atoms with Crippen molar-refractivity contribution >= 4 is 17.5 Å². The van der Waals surface area contributed by atoms with Crippen LogP contribution in [0, 0.1) is 0 Å². The lowest BCUT2D eigenvalue weighted by Crippen LogP contribution is -2.25. The number of amides is 2. The molecule has 0 aliphatic heterocycles. The van der Waals surface area contributed by atoms with E-state index in [2.05, 4.69) is 15.5 Å². The summed E-state index contributed by atoms with van der Waals surface area (Å²) in [5.41, 5.74) is 2.58. The molecule has 132 valence electrons. The fourth-order valence-corrected chi connectivity index (χ4v) is 2.48. The SMILES string of the molecule is CN(C)Cc1cccc(NC(=O)CCCNC(=O)c2ccccc2)c1. The van der Waals surface area contributed by atoms with Crippen molar-refractivity contribution in [1.29, 1.82) is 0 Å². The molecule has 5 nitrogen and oxygen atoms in total. The van der Waals surface area contributed by atoms with Crippen LogP contribution in [-0.2, 0) is 11.3 Å². The van der Waals surface area contributed by atoms with Gasteiger partial charge in [0.2, 0.25) is 5.91 Å². The molecule has 2 rings (SSSR count). The Balaban J connectivity index is 1.71. The summed E-state index contributed by atoms with van der Waals surface area (Å²) in [5.74, 6) is -0.159. The summed E-state index contributed by atoms with van der Waals surface area (Å²) in [4.78, 5) is 26.0. The summed E-state index contributed by atoms with van der Waals surface area (Å²) in [6.45, 7) is 1.30. The van der Waals surface area contributed by atoms with Crippen LogP contribution in [0.25, 0.3) is 0 Å². The zero-order valence-electron chi connectivity index (χ0n) is 14.8. The number of hydrogen-bond acceptors (Lipinski definition) is 3. The first-order valence-electron chi connectivity index (χ1n) is 8.41. The van der Waals surface area contributed by atoms with Gasteiger partial charge in [0.05, 0.1) is 0 Å². The predicted octanol–water partition coefficient (Wildman–Crippen LogP) is 2.90. The number of nitrogens with zero attached hydrogens (tertiary/aromatic N) is 1. The van der Waals surface area contributed by atoms with Gasteiger partial charge in [-0.3, -0.25) is 9.59 Å². The van der Waals surface area contributed by atoms with Crippen LogP contribution >= 0.6 is 0 Å². The highest BCUT2D eigenvalue weighted by Gasteiger charge is 2.06.